The van der Waals surface area contributed by atoms with Crippen LogP contribution in [0.2, 0.25) is 0 Å². The fourth-order valence-corrected chi connectivity index (χ4v) is 2.42. The van der Waals surface area contributed by atoms with Crippen molar-refractivity contribution in [2.75, 3.05) is 0 Å². The number of carbonyl (C=O) groups excluding carboxylic acids is 1. The average Bonchev–Trinajstić information content (AvgIpc) is 2.63. The number of alkyl halides is 1. The van der Waals surface area contributed by atoms with Gasteiger partial charge in [-0.3, -0.25) is 4.79 Å². The second-order valence-corrected chi connectivity index (χ2v) is 6.65. The lowest BCUT2D eigenvalue weighted by molar-refractivity contribution is -0.121. The molecule has 0 spiro atoms. The van der Waals surface area contributed by atoms with Gasteiger partial charge in [-0.2, -0.15) is 0 Å². The lowest BCUT2D eigenvalue weighted by Crippen LogP contribution is -2.32. The molecule has 1 N–H and O–H groups in total. The highest BCUT2D eigenvalue weighted by atomic mass is 35.5. The SMILES string of the molecule is CC(C)NC(=O)C(Cl)c1csc(C(C)(C)C)n1. The van der Waals surface area contributed by atoms with Crippen molar-refractivity contribution in [1.82, 2.24) is 10.3 Å². The number of halogens is 1. The van der Waals surface area contributed by atoms with Gasteiger partial charge in [-0.1, -0.05) is 20.8 Å². The van der Waals surface area contributed by atoms with Gasteiger partial charge in [0.25, 0.3) is 0 Å². The highest BCUT2D eigenvalue weighted by Gasteiger charge is 2.24. The number of hydrogen-bond acceptors (Lipinski definition) is 3. The van der Waals surface area contributed by atoms with Gasteiger partial charge in [-0.05, 0) is 13.8 Å². The molecule has 1 amide bonds. The number of thiazole rings is 1. The highest BCUT2D eigenvalue weighted by Crippen LogP contribution is 2.29. The Morgan fingerprint density at radius 3 is 2.47 bits per heavy atom. The van der Waals surface area contributed by atoms with Crippen molar-refractivity contribution in [3.05, 3.63) is 16.1 Å². The van der Waals surface area contributed by atoms with Gasteiger partial charge in [0, 0.05) is 16.8 Å². The van der Waals surface area contributed by atoms with Crippen LogP contribution in [-0.4, -0.2) is 16.9 Å². The molecule has 17 heavy (non-hydrogen) atoms. The van der Waals surface area contributed by atoms with Gasteiger partial charge in [0.2, 0.25) is 5.91 Å². The van der Waals surface area contributed by atoms with E-state index in [1.165, 1.54) is 0 Å². The molecule has 0 saturated heterocycles. The third kappa shape index (κ3) is 3.96. The van der Waals surface area contributed by atoms with Crippen molar-refractivity contribution in [1.29, 1.82) is 0 Å². The molecule has 3 nitrogen and oxygen atoms in total. The normalized spacial score (nSPS) is 13.8. The summed E-state index contributed by atoms with van der Waals surface area (Å²) in [6.45, 7) is 10.1. The van der Waals surface area contributed by atoms with Crippen molar-refractivity contribution >= 4 is 28.8 Å². The summed E-state index contributed by atoms with van der Waals surface area (Å²) in [5, 5.41) is 4.93. The highest BCUT2D eigenvalue weighted by molar-refractivity contribution is 7.09. The Bertz CT molecular complexity index is 395. The Labute approximate surface area is 112 Å². The Morgan fingerprint density at radius 1 is 1.47 bits per heavy atom. The van der Waals surface area contributed by atoms with Crippen LogP contribution in [0.15, 0.2) is 5.38 Å². The Kier molecular flexibility index (Phi) is 4.55. The van der Waals surface area contributed by atoms with E-state index < -0.39 is 5.38 Å². The fraction of sp³-hybridized carbons (Fsp3) is 0.667. The first-order valence-electron chi connectivity index (χ1n) is 5.62. The number of hydrogen-bond donors (Lipinski definition) is 1. The monoisotopic (exact) mass is 274 g/mol. The summed E-state index contributed by atoms with van der Waals surface area (Å²) in [5.41, 5.74) is 0.633. The van der Waals surface area contributed by atoms with E-state index in [0.717, 1.165) is 5.01 Å². The van der Waals surface area contributed by atoms with E-state index in [1.807, 2.05) is 19.2 Å². The molecule has 0 fully saturated rings. The zero-order valence-corrected chi connectivity index (χ0v) is 12.4. The quantitative estimate of drug-likeness (QED) is 0.860. The first kappa shape index (κ1) is 14.5. The Morgan fingerprint density at radius 2 is 2.06 bits per heavy atom. The van der Waals surface area contributed by atoms with Gasteiger partial charge in [-0.15, -0.1) is 22.9 Å². The molecular weight excluding hydrogens is 256 g/mol. The maximum absolute atomic E-state index is 11.7. The van der Waals surface area contributed by atoms with E-state index in [-0.39, 0.29) is 17.4 Å². The van der Waals surface area contributed by atoms with Crippen molar-refractivity contribution < 1.29 is 4.79 Å². The number of nitrogens with zero attached hydrogens (tertiary/aromatic N) is 1. The molecule has 0 aliphatic carbocycles. The molecule has 0 aliphatic heterocycles. The molecule has 96 valence electrons. The third-order valence-corrected chi connectivity index (χ3v) is 3.79. The third-order valence-electron chi connectivity index (χ3n) is 2.08. The van der Waals surface area contributed by atoms with Crippen LogP contribution in [0.5, 0.6) is 0 Å². The minimum absolute atomic E-state index is 0.00590. The summed E-state index contributed by atoms with van der Waals surface area (Å²) in [6, 6.07) is 0.0875. The van der Waals surface area contributed by atoms with Crippen LogP contribution < -0.4 is 5.32 Å². The van der Waals surface area contributed by atoms with Crippen LogP contribution >= 0.6 is 22.9 Å². The van der Waals surface area contributed by atoms with Crippen molar-refractivity contribution in [2.45, 2.75) is 51.5 Å². The van der Waals surface area contributed by atoms with Gasteiger partial charge in [0.15, 0.2) is 5.38 Å². The summed E-state index contributed by atoms with van der Waals surface area (Å²) in [7, 11) is 0. The maximum Gasteiger partial charge on any atom is 0.244 e. The molecule has 0 radical (unpaired) electrons. The van der Waals surface area contributed by atoms with E-state index in [0.29, 0.717) is 5.69 Å². The summed E-state index contributed by atoms with van der Waals surface area (Å²) in [5.74, 6) is -0.188. The zero-order valence-electron chi connectivity index (χ0n) is 10.9. The number of nitrogens with one attached hydrogen (secondary N) is 1. The van der Waals surface area contributed by atoms with Crippen molar-refractivity contribution in [3.63, 3.8) is 0 Å². The van der Waals surface area contributed by atoms with Crippen molar-refractivity contribution in [3.8, 4) is 0 Å². The molecule has 1 aromatic heterocycles. The summed E-state index contributed by atoms with van der Waals surface area (Å²) < 4.78 is 0. The van der Waals surface area contributed by atoms with E-state index in [9.17, 15) is 4.79 Å². The molecule has 1 heterocycles. The van der Waals surface area contributed by atoms with Gasteiger partial charge >= 0.3 is 0 Å². The molecule has 0 aromatic carbocycles. The Balaban J connectivity index is 2.80. The topological polar surface area (TPSA) is 42.0 Å². The van der Waals surface area contributed by atoms with Crippen LogP contribution in [0, 0.1) is 0 Å². The zero-order chi connectivity index (χ0) is 13.2. The predicted molar refractivity (Wildman–Crippen MR) is 72.7 cm³/mol. The second kappa shape index (κ2) is 5.36. The molecule has 0 aliphatic rings. The van der Waals surface area contributed by atoms with Crippen LogP contribution in [0.3, 0.4) is 0 Å². The molecule has 0 bridgehead atoms. The first-order valence-corrected chi connectivity index (χ1v) is 6.93. The van der Waals surface area contributed by atoms with Crippen LogP contribution in [-0.2, 0) is 10.2 Å². The van der Waals surface area contributed by atoms with Crippen LogP contribution in [0.4, 0.5) is 0 Å². The second-order valence-electron chi connectivity index (χ2n) is 5.35. The van der Waals surface area contributed by atoms with E-state index in [2.05, 4.69) is 31.1 Å². The molecule has 5 heteroatoms. The lowest BCUT2D eigenvalue weighted by Gasteiger charge is -2.14. The summed E-state index contributed by atoms with van der Waals surface area (Å²) in [4.78, 5) is 16.2. The van der Waals surface area contributed by atoms with Gasteiger partial charge in [0.05, 0.1) is 10.7 Å². The van der Waals surface area contributed by atoms with E-state index >= 15 is 0 Å². The van der Waals surface area contributed by atoms with Gasteiger partial charge < -0.3 is 5.32 Å². The van der Waals surface area contributed by atoms with Gasteiger partial charge in [-0.25, -0.2) is 4.98 Å². The molecule has 1 atom stereocenters. The largest absolute Gasteiger partial charge is 0.352 e. The maximum atomic E-state index is 11.7. The van der Waals surface area contributed by atoms with E-state index in [4.69, 9.17) is 11.6 Å². The van der Waals surface area contributed by atoms with Crippen LogP contribution in [0.25, 0.3) is 0 Å². The number of amides is 1. The number of rotatable bonds is 3. The van der Waals surface area contributed by atoms with Crippen molar-refractivity contribution in [2.24, 2.45) is 0 Å². The minimum Gasteiger partial charge on any atom is -0.352 e. The Hall–Kier alpha value is -0.610. The molecular formula is C12H19ClN2OS. The molecule has 1 aromatic rings. The predicted octanol–water partition coefficient (Wildman–Crippen LogP) is 3.25. The minimum atomic E-state index is -0.704. The van der Waals surface area contributed by atoms with Gasteiger partial charge in [0.1, 0.15) is 0 Å². The summed E-state index contributed by atoms with van der Waals surface area (Å²) in [6.07, 6.45) is 0. The lowest BCUT2D eigenvalue weighted by atomic mass is 9.98. The fourth-order valence-electron chi connectivity index (χ4n) is 1.24. The van der Waals surface area contributed by atoms with Crippen LogP contribution in [0.1, 0.15) is 50.7 Å². The smallest absolute Gasteiger partial charge is 0.244 e. The molecule has 1 unspecified atom stereocenters. The average molecular weight is 275 g/mol. The number of carbonyl (C=O) groups is 1. The standard InChI is InChI=1S/C12H19ClN2OS/c1-7(2)14-10(16)9(13)8-6-17-11(15-8)12(3,4)5/h6-7,9H,1-5H3,(H,14,16). The first-order chi connectivity index (χ1) is 7.71. The molecule has 1 rings (SSSR count). The van der Waals surface area contributed by atoms with E-state index in [1.54, 1.807) is 11.3 Å². The summed E-state index contributed by atoms with van der Waals surface area (Å²) >= 11 is 7.64. The number of aromatic nitrogens is 1. The molecule has 0 saturated carbocycles.